The maximum Gasteiger partial charge on any atom is 0.362 e. The number of carbonyl (C=O) groups is 1. The number of ether oxygens (including phenoxy) is 1. The molecule has 0 aliphatic rings. The van der Waals surface area contributed by atoms with Crippen molar-refractivity contribution in [3.05, 3.63) is 0 Å². The predicted molar refractivity (Wildman–Crippen MR) is 48.7 cm³/mol. The summed E-state index contributed by atoms with van der Waals surface area (Å²) in [6.45, 7) is 6.04. The Morgan fingerprint density at radius 1 is 1.23 bits per heavy atom. The van der Waals surface area contributed by atoms with E-state index < -0.39 is 0 Å². The van der Waals surface area contributed by atoms with Crippen LogP contribution in [0.25, 0.3) is 0 Å². The smallest absolute Gasteiger partial charge is 0.362 e. The molecule has 0 bridgehead atoms. The van der Waals surface area contributed by atoms with Crippen molar-refractivity contribution in [1.29, 1.82) is 0 Å². The van der Waals surface area contributed by atoms with E-state index in [0.29, 0.717) is 11.0 Å². The zero-order valence-corrected chi connectivity index (χ0v) is 10.1. The molecule has 0 heterocycles. The van der Waals surface area contributed by atoms with Gasteiger partial charge in [-0.25, -0.2) is 4.79 Å². The van der Waals surface area contributed by atoms with Gasteiger partial charge in [0.05, 0.1) is 21.1 Å². The van der Waals surface area contributed by atoms with E-state index in [1.165, 1.54) is 0 Å². The van der Waals surface area contributed by atoms with E-state index in [2.05, 4.69) is 0 Å². The van der Waals surface area contributed by atoms with Crippen LogP contribution in [0.15, 0.2) is 0 Å². The van der Waals surface area contributed by atoms with Gasteiger partial charge < -0.3 is 21.6 Å². The summed E-state index contributed by atoms with van der Waals surface area (Å²) in [5.74, 6) is -0.144. The van der Waals surface area contributed by atoms with Crippen molar-refractivity contribution in [2.24, 2.45) is 0 Å². The fraction of sp³-hybridized carbons (Fsp3) is 0.889. The van der Waals surface area contributed by atoms with Crippen molar-refractivity contribution in [3.63, 3.8) is 0 Å². The van der Waals surface area contributed by atoms with Gasteiger partial charge in [0.15, 0.2) is 6.54 Å². The van der Waals surface area contributed by atoms with E-state index in [4.69, 9.17) is 4.74 Å². The Morgan fingerprint density at radius 2 is 1.62 bits per heavy atom. The van der Waals surface area contributed by atoms with Crippen molar-refractivity contribution in [3.8, 4) is 0 Å². The minimum atomic E-state index is -0.369. The van der Waals surface area contributed by atoms with Crippen molar-refractivity contribution >= 4 is 5.97 Å². The van der Waals surface area contributed by atoms with Gasteiger partial charge in [-0.2, -0.15) is 0 Å². The highest BCUT2D eigenvalue weighted by atomic mass is 35.5. The van der Waals surface area contributed by atoms with Gasteiger partial charge in [-0.3, -0.25) is 0 Å². The summed E-state index contributed by atoms with van der Waals surface area (Å²) in [6.07, 6.45) is 0. The van der Waals surface area contributed by atoms with Gasteiger partial charge in [0.25, 0.3) is 0 Å². The molecule has 0 aromatic rings. The van der Waals surface area contributed by atoms with E-state index in [9.17, 15) is 4.79 Å². The van der Waals surface area contributed by atoms with Crippen molar-refractivity contribution in [2.45, 2.75) is 26.4 Å². The zero-order chi connectivity index (χ0) is 9.99. The Kier molecular flexibility index (Phi) is 5.63. The molecule has 0 amide bonds. The summed E-state index contributed by atoms with van der Waals surface area (Å²) in [4.78, 5) is 11.2. The highest BCUT2D eigenvalue weighted by Crippen LogP contribution is 2.07. The largest absolute Gasteiger partial charge is 1.00 e. The van der Waals surface area contributed by atoms with Crippen LogP contribution in [0.2, 0.25) is 0 Å². The first kappa shape index (κ1) is 15.2. The second-order valence-corrected chi connectivity index (χ2v) is 5.03. The number of likely N-dealkylation sites (N-methyl/N-ethyl adjacent to an activating group) is 1. The Balaban J connectivity index is 0. The second kappa shape index (κ2) is 4.82. The van der Waals surface area contributed by atoms with E-state index in [1.807, 2.05) is 41.9 Å². The van der Waals surface area contributed by atoms with Gasteiger partial charge in [0.1, 0.15) is 5.60 Å². The molecule has 0 rings (SSSR count). The maximum atomic E-state index is 11.2. The SMILES string of the molecule is CC(C)(C)OC(=O)C[N+](C)(C)C.[Cl-]. The Labute approximate surface area is 87.1 Å². The summed E-state index contributed by atoms with van der Waals surface area (Å²) in [7, 11) is 5.89. The Hall–Kier alpha value is -0.280. The second-order valence-electron chi connectivity index (χ2n) is 5.03. The number of quaternary nitrogens is 1. The maximum absolute atomic E-state index is 11.2. The molecule has 0 saturated heterocycles. The van der Waals surface area contributed by atoms with E-state index in [1.54, 1.807) is 0 Å². The van der Waals surface area contributed by atoms with E-state index in [0.717, 1.165) is 0 Å². The third-order valence-electron chi connectivity index (χ3n) is 1.02. The van der Waals surface area contributed by atoms with Crippen LogP contribution in [0.4, 0.5) is 0 Å². The lowest BCUT2D eigenvalue weighted by atomic mass is 10.2. The standard InChI is InChI=1S/C9H20NO2.ClH/c1-9(2,3)12-8(11)7-10(4,5)6;/h7H2,1-6H3;1H/q+1;/p-1. The molecule has 0 saturated carbocycles. The normalized spacial score (nSPS) is 11.8. The molecule has 0 aromatic carbocycles. The highest BCUT2D eigenvalue weighted by Gasteiger charge is 2.21. The van der Waals surface area contributed by atoms with Crippen LogP contribution in [0.3, 0.4) is 0 Å². The van der Waals surface area contributed by atoms with Crippen molar-refractivity contribution in [1.82, 2.24) is 0 Å². The van der Waals surface area contributed by atoms with Gasteiger partial charge in [-0.15, -0.1) is 0 Å². The summed E-state index contributed by atoms with van der Waals surface area (Å²) in [5, 5.41) is 0. The lowest BCUT2D eigenvalue weighted by Crippen LogP contribution is -3.00. The predicted octanol–water partition coefficient (Wildman–Crippen LogP) is -1.96. The molecule has 80 valence electrons. The molecule has 0 aliphatic heterocycles. The molecule has 3 nitrogen and oxygen atoms in total. The zero-order valence-electron chi connectivity index (χ0n) is 9.35. The van der Waals surface area contributed by atoms with Crippen molar-refractivity contribution in [2.75, 3.05) is 27.7 Å². The molecule has 0 N–H and O–H groups in total. The summed E-state index contributed by atoms with van der Waals surface area (Å²) in [6, 6.07) is 0. The molecule has 0 atom stereocenters. The summed E-state index contributed by atoms with van der Waals surface area (Å²) in [5.41, 5.74) is -0.369. The van der Waals surface area contributed by atoms with Crippen LogP contribution in [0, 0.1) is 0 Å². The Bertz CT molecular complexity index is 149. The van der Waals surface area contributed by atoms with Crippen LogP contribution in [0.1, 0.15) is 20.8 Å². The van der Waals surface area contributed by atoms with Crippen LogP contribution in [-0.2, 0) is 9.53 Å². The molecular formula is C9H20ClNO2. The van der Waals surface area contributed by atoms with Crippen LogP contribution in [-0.4, -0.2) is 43.7 Å². The number of hydrogen-bond acceptors (Lipinski definition) is 2. The van der Waals surface area contributed by atoms with E-state index in [-0.39, 0.29) is 24.0 Å². The topological polar surface area (TPSA) is 26.3 Å². The number of rotatable bonds is 2. The first-order valence-corrected chi connectivity index (χ1v) is 4.12. The Morgan fingerprint density at radius 3 is 1.85 bits per heavy atom. The summed E-state index contributed by atoms with van der Waals surface area (Å²) < 4.78 is 5.77. The average Bonchev–Trinajstić information content (AvgIpc) is 1.49. The average molecular weight is 210 g/mol. The van der Waals surface area contributed by atoms with E-state index >= 15 is 0 Å². The summed E-state index contributed by atoms with van der Waals surface area (Å²) >= 11 is 0. The number of carbonyl (C=O) groups excluding carboxylic acids is 1. The highest BCUT2D eigenvalue weighted by molar-refractivity contribution is 5.71. The van der Waals surface area contributed by atoms with Gasteiger partial charge in [-0.1, -0.05) is 0 Å². The minimum Gasteiger partial charge on any atom is -1.00 e. The fourth-order valence-corrected chi connectivity index (χ4v) is 0.761. The minimum absolute atomic E-state index is 0. The lowest BCUT2D eigenvalue weighted by Gasteiger charge is -2.25. The molecule has 4 heteroatoms. The first-order chi connectivity index (χ1) is 5.10. The van der Waals surface area contributed by atoms with Gasteiger partial charge in [0.2, 0.25) is 0 Å². The molecular weight excluding hydrogens is 190 g/mol. The fourth-order valence-electron chi connectivity index (χ4n) is 0.761. The quantitative estimate of drug-likeness (QED) is 0.390. The third-order valence-corrected chi connectivity index (χ3v) is 1.02. The molecule has 0 spiro atoms. The molecule has 0 aliphatic carbocycles. The first-order valence-electron chi connectivity index (χ1n) is 4.12. The van der Waals surface area contributed by atoms with Crippen LogP contribution in [0.5, 0.6) is 0 Å². The van der Waals surface area contributed by atoms with Gasteiger partial charge in [0, 0.05) is 0 Å². The molecule has 0 unspecified atom stereocenters. The molecule has 0 aromatic heterocycles. The molecule has 13 heavy (non-hydrogen) atoms. The lowest BCUT2D eigenvalue weighted by molar-refractivity contribution is -0.862. The number of esters is 1. The third kappa shape index (κ3) is 11.7. The molecule has 0 fully saturated rings. The number of halogens is 1. The van der Waals surface area contributed by atoms with Crippen LogP contribution >= 0.6 is 0 Å². The number of hydrogen-bond donors (Lipinski definition) is 0. The number of nitrogens with zero attached hydrogens (tertiary/aromatic N) is 1. The van der Waals surface area contributed by atoms with Crippen LogP contribution < -0.4 is 12.4 Å². The molecule has 0 radical (unpaired) electrons. The van der Waals surface area contributed by atoms with Gasteiger partial charge in [-0.05, 0) is 20.8 Å². The monoisotopic (exact) mass is 209 g/mol. The van der Waals surface area contributed by atoms with Gasteiger partial charge >= 0.3 is 5.97 Å². The van der Waals surface area contributed by atoms with Crippen molar-refractivity contribution < 1.29 is 26.4 Å².